The molecule has 0 radical (unpaired) electrons. The van der Waals surface area contributed by atoms with Gasteiger partial charge < -0.3 is 10.1 Å². The number of Topliss-reactive ketones (excluding diaryl/α,β-unsaturated/α-hetero) is 1. The Hall–Kier alpha value is -1.68. The van der Waals surface area contributed by atoms with Crippen molar-refractivity contribution < 1.29 is 14.3 Å². The smallest absolute Gasteiger partial charge is 0.376 e. The number of esters is 1. The number of piperidine rings is 1. The third-order valence-corrected chi connectivity index (χ3v) is 3.04. The van der Waals surface area contributed by atoms with Gasteiger partial charge >= 0.3 is 5.97 Å². The van der Waals surface area contributed by atoms with Gasteiger partial charge in [0.25, 0.3) is 5.78 Å². The van der Waals surface area contributed by atoms with Crippen LogP contribution < -0.4 is 5.32 Å². The highest BCUT2D eigenvalue weighted by Gasteiger charge is 2.27. The molecule has 0 bridgehead atoms. The van der Waals surface area contributed by atoms with Crippen LogP contribution in [0.5, 0.6) is 0 Å². The van der Waals surface area contributed by atoms with Crippen molar-refractivity contribution in [1.82, 2.24) is 5.32 Å². The molecule has 18 heavy (non-hydrogen) atoms. The topological polar surface area (TPSA) is 55.4 Å². The van der Waals surface area contributed by atoms with E-state index in [-0.39, 0.29) is 12.6 Å². The van der Waals surface area contributed by atoms with Gasteiger partial charge in [-0.3, -0.25) is 4.79 Å². The van der Waals surface area contributed by atoms with Gasteiger partial charge in [0.2, 0.25) is 0 Å². The van der Waals surface area contributed by atoms with Crippen molar-refractivity contribution in [1.29, 1.82) is 0 Å². The number of nitrogens with one attached hydrogen (secondary N) is 1. The molecule has 1 atom stereocenters. The van der Waals surface area contributed by atoms with Gasteiger partial charge in [-0.15, -0.1) is 0 Å². The molecule has 1 heterocycles. The number of ether oxygens (including phenoxy) is 1. The van der Waals surface area contributed by atoms with E-state index in [0.29, 0.717) is 0 Å². The van der Waals surface area contributed by atoms with E-state index in [4.69, 9.17) is 4.74 Å². The van der Waals surface area contributed by atoms with Crippen LogP contribution in [0.3, 0.4) is 0 Å². The summed E-state index contributed by atoms with van der Waals surface area (Å²) < 4.78 is 5.01. The quantitative estimate of drug-likeness (QED) is 0.646. The number of rotatable bonds is 4. The molecule has 2 rings (SSSR count). The summed E-state index contributed by atoms with van der Waals surface area (Å²) in [5.41, 5.74) is 0.884. The van der Waals surface area contributed by atoms with Crippen LogP contribution in [0, 0.1) is 0 Å². The van der Waals surface area contributed by atoms with E-state index >= 15 is 0 Å². The van der Waals surface area contributed by atoms with E-state index in [9.17, 15) is 9.59 Å². The Bertz CT molecular complexity index is 410. The Labute approximate surface area is 106 Å². The largest absolute Gasteiger partial charge is 0.455 e. The fourth-order valence-corrected chi connectivity index (χ4v) is 2.01. The Morgan fingerprint density at radius 3 is 2.67 bits per heavy atom. The van der Waals surface area contributed by atoms with Crippen molar-refractivity contribution in [2.45, 2.75) is 31.9 Å². The fourth-order valence-electron chi connectivity index (χ4n) is 2.01. The predicted molar refractivity (Wildman–Crippen MR) is 66.9 cm³/mol. The number of hydrogen-bond donors (Lipinski definition) is 1. The number of carbonyl (C=O) groups is 2. The Balaban J connectivity index is 1.82. The second-order valence-electron chi connectivity index (χ2n) is 4.43. The van der Waals surface area contributed by atoms with Crippen LogP contribution in [-0.2, 0) is 20.9 Å². The summed E-state index contributed by atoms with van der Waals surface area (Å²) in [7, 11) is 0. The summed E-state index contributed by atoms with van der Waals surface area (Å²) in [6.45, 7) is 0.945. The summed E-state index contributed by atoms with van der Waals surface area (Å²) in [4.78, 5) is 23.4. The molecule has 1 N–H and O–H groups in total. The third-order valence-electron chi connectivity index (χ3n) is 3.04. The maximum Gasteiger partial charge on any atom is 0.376 e. The normalized spacial score (nSPS) is 19.2. The molecule has 0 aliphatic carbocycles. The predicted octanol–water partition coefficient (Wildman–Crippen LogP) is 1.44. The maximum atomic E-state index is 11.8. The van der Waals surface area contributed by atoms with Crippen LogP contribution in [-0.4, -0.2) is 24.3 Å². The molecule has 1 fully saturated rings. The van der Waals surface area contributed by atoms with E-state index < -0.39 is 11.8 Å². The van der Waals surface area contributed by atoms with Gasteiger partial charge in [0.05, 0.1) is 6.04 Å². The lowest BCUT2D eigenvalue weighted by Crippen LogP contribution is -2.44. The molecule has 1 saturated heterocycles. The molecule has 0 amide bonds. The van der Waals surface area contributed by atoms with Gasteiger partial charge in [0, 0.05) is 0 Å². The van der Waals surface area contributed by atoms with Crippen LogP contribution >= 0.6 is 0 Å². The molecule has 96 valence electrons. The van der Waals surface area contributed by atoms with E-state index in [1.54, 1.807) is 0 Å². The maximum absolute atomic E-state index is 11.8. The molecule has 0 spiro atoms. The van der Waals surface area contributed by atoms with Crippen LogP contribution in [0.2, 0.25) is 0 Å². The zero-order valence-electron chi connectivity index (χ0n) is 10.2. The van der Waals surface area contributed by atoms with Crippen molar-refractivity contribution in [2.75, 3.05) is 6.54 Å². The second-order valence-corrected chi connectivity index (χ2v) is 4.43. The van der Waals surface area contributed by atoms with E-state index in [1.165, 1.54) is 0 Å². The van der Waals surface area contributed by atoms with E-state index in [0.717, 1.165) is 31.4 Å². The second kappa shape index (κ2) is 6.31. The van der Waals surface area contributed by atoms with Crippen LogP contribution in [0.4, 0.5) is 0 Å². The van der Waals surface area contributed by atoms with Crippen molar-refractivity contribution in [2.24, 2.45) is 0 Å². The Morgan fingerprint density at radius 2 is 2.00 bits per heavy atom. The molecule has 0 aromatic heterocycles. The van der Waals surface area contributed by atoms with Crippen LogP contribution in [0.25, 0.3) is 0 Å². The zero-order valence-corrected chi connectivity index (χ0v) is 10.2. The minimum atomic E-state index is -0.738. The SMILES string of the molecule is O=C(OCc1ccccc1)C(=O)[C@@H]1CCCCN1. The molecule has 1 aromatic rings. The summed E-state index contributed by atoms with van der Waals surface area (Å²) in [6.07, 6.45) is 2.76. The van der Waals surface area contributed by atoms with Crippen molar-refractivity contribution >= 4 is 11.8 Å². The summed E-state index contributed by atoms with van der Waals surface area (Å²) in [5.74, 6) is -1.19. The van der Waals surface area contributed by atoms with Crippen LogP contribution in [0.15, 0.2) is 30.3 Å². The Morgan fingerprint density at radius 1 is 1.22 bits per heavy atom. The molecule has 4 heteroatoms. The molecule has 1 aliphatic rings. The molecular weight excluding hydrogens is 230 g/mol. The lowest BCUT2D eigenvalue weighted by Gasteiger charge is -2.21. The number of carbonyl (C=O) groups excluding carboxylic acids is 2. The average molecular weight is 247 g/mol. The standard InChI is InChI=1S/C14H17NO3/c16-13(12-8-4-5-9-15-12)14(17)18-10-11-6-2-1-3-7-11/h1-3,6-7,12,15H,4-5,8-10H2/t12-/m0/s1. The van der Waals surface area contributed by atoms with Gasteiger partial charge in [-0.25, -0.2) is 4.79 Å². The monoisotopic (exact) mass is 247 g/mol. The van der Waals surface area contributed by atoms with Gasteiger partial charge in [-0.1, -0.05) is 36.8 Å². The lowest BCUT2D eigenvalue weighted by atomic mass is 10.0. The highest BCUT2D eigenvalue weighted by atomic mass is 16.5. The van der Waals surface area contributed by atoms with Crippen molar-refractivity contribution in [3.05, 3.63) is 35.9 Å². The molecule has 0 saturated carbocycles. The first-order chi connectivity index (χ1) is 8.77. The minimum Gasteiger partial charge on any atom is -0.455 e. The summed E-state index contributed by atoms with van der Waals surface area (Å²) in [6, 6.07) is 8.99. The first kappa shape index (κ1) is 12.8. The first-order valence-electron chi connectivity index (χ1n) is 6.25. The average Bonchev–Trinajstić information content (AvgIpc) is 2.46. The molecule has 0 unspecified atom stereocenters. The number of hydrogen-bond acceptors (Lipinski definition) is 4. The number of benzene rings is 1. The molecule has 1 aromatic carbocycles. The third kappa shape index (κ3) is 3.40. The highest BCUT2D eigenvalue weighted by molar-refractivity contribution is 6.35. The van der Waals surface area contributed by atoms with Gasteiger partial charge in [0.15, 0.2) is 0 Å². The van der Waals surface area contributed by atoms with Crippen molar-refractivity contribution in [3.8, 4) is 0 Å². The zero-order chi connectivity index (χ0) is 12.8. The molecule has 4 nitrogen and oxygen atoms in total. The van der Waals surface area contributed by atoms with Gasteiger partial charge in [-0.05, 0) is 24.9 Å². The minimum absolute atomic E-state index is 0.151. The fraction of sp³-hybridized carbons (Fsp3) is 0.429. The number of ketones is 1. The van der Waals surface area contributed by atoms with Gasteiger partial charge in [0.1, 0.15) is 6.61 Å². The molecule has 1 aliphatic heterocycles. The summed E-state index contributed by atoms with van der Waals surface area (Å²) in [5, 5.41) is 3.05. The van der Waals surface area contributed by atoms with Crippen molar-refractivity contribution in [3.63, 3.8) is 0 Å². The van der Waals surface area contributed by atoms with Gasteiger partial charge in [-0.2, -0.15) is 0 Å². The van der Waals surface area contributed by atoms with Crippen LogP contribution in [0.1, 0.15) is 24.8 Å². The summed E-state index contributed by atoms with van der Waals surface area (Å²) >= 11 is 0. The van der Waals surface area contributed by atoms with E-state index in [1.807, 2.05) is 30.3 Å². The highest BCUT2D eigenvalue weighted by Crippen LogP contribution is 2.09. The van der Waals surface area contributed by atoms with E-state index in [2.05, 4.69) is 5.32 Å². The molecular formula is C14H17NO3. The first-order valence-corrected chi connectivity index (χ1v) is 6.25. The lowest BCUT2D eigenvalue weighted by molar-refractivity contribution is -0.156. The Kier molecular flexibility index (Phi) is 4.47.